The van der Waals surface area contributed by atoms with E-state index < -0.39 is 0 Å². The Morgan fingerprint density at radius 2 is 2.00 bits per heavy atom. The van der Waals surface area contributed by atoms with E-state index >= 15 is 0 Å². The minimum atomic E-state index is -0.278. The number of nitrogens with zero attached hydrogens (tertiary/aromatic N) is 1. The van der Waals surface area contributed by atoms with Crippen molar-refractivity contribution in [3.05, 3.63) is 17.0 Å². The number of hydrogen-bond acceptors (Lipinski definition) is 4. The second kappa shape index (κ2) is 9.08. The van der Waals surface area contributed by atoms with Crippen molar-refractivity contribution in [2.45, 2.75) is 55.8 Å². The van der Waals surface area contributed by atoms with Gasteiger partial charge in [-0.15, -0.1) is 23.1 Å². The topological polar surface area (TPSA) is 23.5 Å². The fraction of sp³-hybridized carbons (Fsp3) is 0.750. The molecule has 1 fully saturated rings. The molecule has 0 spiro atoms. The van der Waals surface area contributed by atoms with Gasteiger partial charge in [0.2, 0.25) is 0 Å². The number of aliphatic hydroxyl groups is 1. The van der Waals surface area contributed by atoms with Gasteiger partial charge in [0.25, 0.3) is 0 Å². The van der Waals surface area contributed by atoms with Crippen molar-refractivity contribution in [3.63, 3.8) is 0 Å². The van der Waals surface area contributed by atoms with Crippen LogP contribution in [0.1, 0.15) is 56.4 Å². The zero-order chi connectivity index (χ0) is 14.2. The zero-order valence-electron chi connectivity index (χ0n) is 12.5. The maximum Gasteiger partial charge on any atom is 0.0894 e. The molecule has 1 aromatic rings. The number of likely N-dealkylation sites (tertiary alicyclic amines) is 1. The lowest BCUT2D eigenvalue weighted by molar-refractivity contribution is 0.146. The van der Waals surface area contributed by atoms with Crippen molar-refractivity contribution in [1.29, 1.82) is 0 Å². The molecule has 1 aliphatic heterocycles. The highest BCUT2D eigenvalue weighted by Gasteiger charge is 2.14. The van der Waals surface area contributed by atoms with Crippen LogP contribution in [0.2, 0.25) is 0 Å². The van der Waals surface area contributed by atoms with Gasteiger partial charge < -0.3 is 10.0 Å². The Kier molecular flexibility index (Phi) is 7.42. The van der Waals surface area contributed by atoms with E-state index in [-0.39, 0.29) is 6.10 Å². The van der Waals surface area contributed by atoms with Gasteiger partial charge in [-0.2, -0.15) is 0 Å². The molecule has 0 radical (unpaired) electrons. The highest BCUT2D eigenvalue weighted by Crippen LogP contribution is 2.32. The summed E-state index contributed by atoms with van der Waals surface area (Å²) >= 11 is 3.67. The van der Waals surface area contributed by atoms with Crippen LogP contribution in [-0.4, -0.2) is 35.4 Å². The Balaban J connectivity index is 1.75. The predicted octanol–water partition coefficient (Wildman–Crippen LogP) is 4.55. The Morgan fingerprint density at radius 1 is 1.25 bits per heavy atom. The normalized spacial score (nSPS) is 18.9. The van der Waals surface area contributed by atoms with Gasteiger partial charge in [-0.1, -0.05) is 19.8 Å². The molecular formula is C16H27NOS2. The van der Waals surface area contributed by atoms with Gasteiger partial charge in [0.1, 0.15) is 0 Å². The average Bonchev–Trinajstić information content (AvgIpc) is 2.78. The van der Waals surface area contributed by atoms with E-state index in [9.17, 15) is 5.11 Å². The van der Waals surface area contributed by atoms with Crippen molar-refractivity contribution in [2.75, 3.05) is 25.4 Å². The SMILES string of the molecule is CCCSc1ccc(C(O)CCN2CCCCCC2)s1. The maximum atomic E-state index is 10.3. The lowest BCUT2D eigenvalue weighted by atomic mass is 10.2. The molecule has 0 aromatic carbocycles. The first-order valence-corrected chi connectivity index (χ1v) is 9.72. The highest BCUT2D eigenvalue weighted by atomic mass is 32.2. The van der Waals surface area contributed by atoms with Crippen molar-refractivity contribution >= 4 is 23.1 Å². The lowest BCUT2D eigenvalue weighted by Crippen LogP contribution is -2.26. The molecule has 1 unspecified atom stereocenters. The van der Waals surface area contributed by atoms with E-state index in [1.165, 1.54) is 55.2 Å². The predicted molar refractivity (Wildman–Crippen MR) is 89.8 cm³/mol. The van der Waals surface area contributed by atoms with Gasteiger partial charge >= 0.3 is 0 Å². The molecule has 2 heterocycles. The minimum Gasteiger partial charge on any atom is -0.388 e. The van der Waals surface area contributed by atoms with E-state index in [4.69, 9.17) is 0 Å². The fourth-order valence-electron chi connectivity index (χ4n) is 2.60. The van der Waals surface area contributed by atoms with Crippen LogP contribution in [0.25, 0.3) is 0 Å². The van der Waals surface area contributed by atoms with Crippen LogP contribution in [0.3, 0.4) is 0 Å². The molecule has 0 aliphatic carbocycles. The molecule has 1 aliphatic rings. The summed E-state index contributed by atoms with van der Waals surface area (Å²) in [6, 6.07) is 4.27. The van der Waals surface area contributed by atoms with Crippen LogP contribution in [-0.2, 0) is 0 Å². The summed E-state index contributed by atoms with van der Waals surface area (Å²) in [6.45, 7) is 5.68. The second-order valence-electron chi connectivity index (χ2n) is 5.57. The van der Waals surface area contributed by atoms with Gasteiger partial charge in [0, 0.05) is 11.4 Å². The summed E-state index contributed by atoms with van der Waals surface area (Å²) < 4.78 is 1.34. The third-order valence-electron chi connectivity index (χ3n) is 3.80. The maximum absolute atomic E-state index is 10.3. The lowest BCUT2D eigenvalue weighted by Gasteiger charge is -2.21. The van der Waals surface area contributed by atoms with Crippen LogP contribution in [0.5, 0.6) is 0 Å². The molecule has 1 saturated heterocycles. The molecule has 0 amide bonds. The van der Waals surface area contributed by atoms with Crippen LogP contribution >= 0.6 is 23.1 Å². The molecule has 4 heteroatoms. The van der Waals surface area contributed by atoms with Crippen molar-refractivity contribution in [2.24, 2.45) is 0 Å². The second-order valence-corrected chi connectivity index (χ2v) is 8.08. The average molecular weight is 314 g/mol. The highest BCUT2D eigenvalue weighted by molar-refractivity contribution is 8.01. The molecular weight excluding hydrogens is 286 g/mol. The standard InChI is InChI=1S/C16H27NOS2/c1-2-13-19-16-8-7-15(20-16)14(18)9-12-17-10-5-3-4-6-11-17/h7-8,14,18H,2-6,9-13H2,1H3. The molecule has 2 nitrogen and oxygen atoms in total. The van der Waals surface area contributed by atoms with E-state index in [1.807, 2.05) is 11.8 Å². The first-order chi connectivity index (χ1) is 9.79. The molecule has 20 heavy (non-hydrogen) atoms. The number of hydrogen-bond donors (Lipinski definition) is 1. The van der Waals surface area contributed by atoms with E-state index in [2.05, 4.69) is 24.0 Å². The third-order valence-corrected chi connectivity index (χ3v) is 6.41. The summed E-state index contributed by atoms with van der Waals surface area (Å²) in [7, 11) is 0. The molecule has 0 bridgehead atoms. The number of rotatable bonds is 7. The molecule has 2 rings (SSSR count). The summed E-state index contributed by atoms with van der Waals surface area (Å²) in [6.07, 6.45) is 7.21. The smallest absolute Gasteiger partial charge is 0.0894 e. The van der Waals surface area contributed by atoms with Gasteiger partial charge in [-0.3, -0.25) is 0 Å². The van der Waals surface area contributed by atoms with Gasteiger partial charge in [0.15, 0.2) is 0 Å². The zero-order valence-corrected chi connectivity index (χ0v) is 14.1. The number of aliphatic hydroxyl groups excluding tert-OH is 1. The first-order valence-electron chi connectivity index (χ1n) is 7.92. The first kappa shape index (κ1) is 16.3. The van der Waals surface area contributed by atoms with E-state index in [1.54, 1.807) is 11.3 Å². The van der Waals surface area contributed by atoms with Crippen molar-refractivity contribution < 1.29 is 5.11 Å². The summed E-state index contributed by atoms with van der Waals surface area (Å²) in [4.78, 5) is 3.66. The molecule has 1 N–H and O–H groups in total. The Hall–Kier alpha value is -0.0300. The van der Waals surface area contributed by atoms with Crippen molar-refractivity contribution in [3.8, 4) is 0 Å². The molecule has 114 valence electrons. The van der Waals surface area contributed by atoms with Gasteiger partial charge in [-0.25, -0.2) is 0 Å². The number of thiophene rings is 1. The quantitative estimate of drug-likeness (QED) is 0.747. The summed E-state index contributed by atoms with van der Waals surface area (Å²) in [5.41, 5.74) is 0. The summed E-state index contributed by atoms with van der Waals surface area (Å²) in [5.74, 6) is 1.17. The molecule has 0 saturated carbocycles. The monoisotopic (exact) mass is 313 g/mol. The van der Waals surface area contributed by atoms with Crippen LogP contribution in [0.15, 0.2) is 16.3 Å². The Bertz CT molecular complexity index is 372. The van der Waals surface area contributed by atoms with E-state index in [0.717, 1.165) is 17.8 Å². The van der Waals surface area contributed by atoms with Crippen LogP contribution in [0, 0.1) is 0 Å². The van der Waals surface area contributed by atoms with E-state index in [0.29, 0.717) is 0 Å². The molecule has 1 aromatic heterocycles. The Morgan fingerprint density at radius 3 is 2.70 bits per heavy atom. The Labute approximate surface area is 131 Å². The largest absolute Gasteiger partial charge is 0.388 e. The van der Waals surface area contributed by atoms with Crippen LogP contribution in [0.4, 0.5) is 0 Å². The minimum absolute atomic E-state index is 0.278. The fourth-order valence-corrected chi connectivity index (χ4v) is 4.70. The van der Waals surface area contributed by atoms with Gasteiger partial charge in [0.05, 0.1) is 10.3 Å². The third kappa shape index (κ3) is 5.40. The molecule has 1 atom stereocenters. The van der Waals surface area contributed by atoms with Crippen molar-refractivity contribution in [1.82, 2.24) is 4.90 Å². The summed E-state index contributed by atoms with van der Waals surface area (Å²) in [5, 5.41) is 10.3. The number of thioether (sulfide) groups is 1. The van der Waals surface area contributed by atoms with Crippen LogP contribution < -0.4 is 0 Å². The van der Waals surface area contributed by atoms with Gasteiger partial charge in [-0.05, 0) is 56.7 Å².